The van der Waals surface area contributed by atoms with E-state index in [4.69, 9.17) is 4.74 Å². The van der Waals surface area contributed by atoms with Crippen molar-refractivity contribution >= 4 is 5.91 Å². The van der Waals surface area contributed by atoms with Gasteiger partial charge in [0.1, 0.15) is 5.75 Å². The Morgan fingerprint density at radius 2 is 1.52 bits per heavy atom. The summed E-state index contributed by atoms with van der Waals surface area (Å²) in [7, 11) is 1.69. The number of aryl methyl sites for hydroxylation is 2. The number of carbonyl (C=O) groups excluding carboxylic acids is 1. The number of ether oxygens (including phenoxy) is 1. The molecular formula is C39H63NO2. The molecule has 2 aromatic rings. The second-order valence-electron chi connectivity index (χ2n) is 12.7. The molecule has 0 aliphatic heterocycles. The molecule has 0 saturated heterocycles. The number of hydrogen-bond acceptors (Lipinski definition) is 2. The zero-order valence-corrected chi connectivity index (χ0v) is 28.9. The van der Waals surface area contributed by atoms with Gasteiger partial charge in [0, 0.05) is 17.8 Å². The fourth-order valence-electron chi connectivity index (χ4n) is 5.19. The van der Waals surface area contributed by atoms with Gasteiger partial charge in [-0.15, -0.1) is 0 Å². The van der Waals surface area contributed by atoms with Crippen molar-refractivity contribution in [3.8, 4) is 16.9 Å². The van der Waals surface area contributed by atoms with Crippen LogP contribution in [-0.4, -0.2) is 24.5 Å². The molecule has 0 bridgehead atoms. The van der Waals surface area contributed by atoms with E-state index in [-0.39, 0.29) is 11.8 Å². The fourth-order valence-corrected chi connectivity index (χ4v) is 5.19. The maximum atomic E-state index is 14.2. The number of methoxy groups -OCH3 is 1. The first-order valence-corrected chi connectivity index (χ1v) is 16.8. The van der Waals surface area contributed by atoms with Gasteiger partial charge in [0.15, 0.2) is 0 Å². The third kappa shape index (κ3) is 12.4. The number of allylic oxidation sites excluding steroid dienone is 1. The Morgan fingerprint density at radius 1 is 0.881 bits per heavy atom. The smallest absolute Gasteiger partial charge is 0.258 e. The third-order valence-electron chi connectivity index (χ3n) is 8.26. The van der Waals surface area contributed by atoms with E-state index in [2.05, 4.69) is 93.2 Å². The molecule has 0 aliphatic carbocycles. The van der Waals surface area contributed by atoms with Crippen molar-refractivity contribution in [3.05, 3.63) is 65.4 Å². The van der Waals surface area contributed by atoms with E-state index in [0.717, 1.165) is 83.8 Å². The van der Waals surface area contributed by atoms with Gasteiger partial charge in [-0.05, 0) is 84.4 Å². The van der Waals surface area contributed by atoms with E-state index >= 15 is 0 Å². The second-order valence-corrected chi connectivity index (χ2v) is 12.7. The minimum Gasteiger partial charge on any atom is -0.497 e. The van der Waals surface area contributed by atoms with Crippen LogP contribution < -0.4 is 4.74 Å². The maximum absolute atomic E-state index is 14.2. The van der Waals surface area contributed by atoms with Crippen LogP contribution in [0.15, 0.2) is 48.7 Å². The molecule has 0 aliphatic rings. The van der Waals surface area contributed by atoms with Crippen LogP contribution in [0.1, 0.15) is 135 Å². The van der Waals surface area contributed by atoms with E-state index in [0.29, 0.717) is 5.92 Å². The van der Waals surface area contributed by atoms with Crippen molar-refractivity contribution in [3.63, 3.8) is 0 Å². The molecule has 2 aromatic carbocycles. The molecule has 2 rings (SSSR count). The highest BCUT2D eigenvalue weighted by Gasteiger charge is 2.25. The molecule has 236 valence electrons. The van der Waals surface area contributed by atoms with Crippen molar-refractivity contribution < 1.29 is 9.53 Å². The van der Waals surface area contributed by atoms with Gasteiger partial charge in [0.05, 0.1) is 7.11 Å². The molecule has 0 fully saturated rings. The SMILES string of the molecule is C=C(C(C)C)N(CC(CC)CCCC)C(=O)c1cc(-c2ccc(OC)cc2C)ccc1CCCC.CCCCC(C)C. The van der Waals surface area contributed by atoms with Crippen molar-refractivity contribution in [2.45, 2.75) is 127 Å². The molecule has 0 heterocycles. The van der Waals surface area contributed by atoms with E-state index in [1.54, 1.807) is 7.11 Å². The van der Waals surface area contributed by atoms with Crippen molar-refractivity contribution in [2.24, 2.45) is 17.8 Å². The highest BCUT2D eigenvalue weighted by molar-refractivity contribution is 5.98. The molecule has 42 heavy (non-hydrogen) atoms. The zero-order valence-electron chi connectivity index (χ0n) is 28.9. The van der Waals surface area contributed by atoms with Crippen LogP contribution in [0, 0.1) is 24.7 Å². The lowest BCUT2D eigenvalue weighted by atomic mass is 9.92. The highest BCUT2D eigenvalue weighted by Crippen LogP contribution is 2.31. The van der Waals surface area contributed by atoms with E-state index in [1.807, 2.05) is 17.0 Å². The summed E-state index contributed by atoms with van der Waals surface area (Å²) in [5.74, 6) is 2.55. The van der Waals surface area contributed by atoms with Crippen LogP contribution >= 0.6 is 0 Å². The number of rotatable bonds is 17. The molecule has 0 saturated carbocycles. The van der Waals surface area contributed by atoms with Crippen molar-refractivity contribution in [1.82, 2.24) is 4.90 Å². The molecular weight excluding hydrogens is 514 g/mol. The van der Waals surface area contributed by atoms with Crippen LogP contribution in [0.4, 0.5) is 0 Å². The number of hydrogen-bond donors (Lipinski definition) is 0. The predicted molar refractivity (Wildman–Crippen MR) is 184 cm³/mol. The van der Waals surface area contributed by atoms with Gasteiger partial charge < -0.3 is 9.64 Å². The summed E-state index contributed by atoms with van der Waals surface area (Å²) in [6, 6.07) is 12.6. The van der Waals surface area contributed by atoms with Crippen LogP contribution in [0.25, 0.3) is 11.1 Å². The van der Waals surface area contributed by atoms with Crippen LogP contribution in [0.2, 0.25) is 0 Å². The number of benzene rings is 2. The topological polar surface area (TPSA) is 29.5 Å². The summed E-state index contributed by atoms with van der Waals surface area (Å²) >= 11 is 0. The second kappa shape index (κ2) is 20.4. The van der Waals surface area contributed by atoms with Crippen molar-refractivity contribution in [2.75, 3.05) is 13.7 Å². The zero-order chi connectivity index (χ0) is 31.7. The highest BCUT2D eigenvalue weighted by atomic mass is 16.5. The molecule has 0 aromatic heterocycles. The summed E-state index contributed by atoms with van der Waals surface area (Å²) in [6.07, 6.45) is 11.8. The third-order valence-corrected chi connectivity index (χ3v) is 8.26. The van der Waals surface area contributed by atoms with E-state index < -0.39 is 0 Å². The average Bonchev–Trinajstić information content (AvgIpc) is 2.98. The normalized spacial score (nSPS) is 11.7. The molecule has 0 radical (unpaired) electrons. The van der Waals surface area contributed by atoms with Crippen LogP contribution in [0.5, 0.6) is 5.75 Å². The van der Waals surface area contributed by atoms with Crippen LogP contribution in [-0.2, 0) is 6.42 Å². The van der Waals surface area contributed by atoms with Gasteiger partial charge in [0.25, 0.3) is 5.91 Å². The van der Waals surface area contributed by atoms with Gasteiger partial charge in [-0.2, -0.15) is 0 Å². The Bertz CT molecular complexity index is 1070. The van der Waals surface area contributed by atoms with Gasteiger partial charge in [-0.1, -0.05) is 125 Å². The van der Waals surface area contributed by atoms with Crippen LogP contribution in [0.3, 0.4) is 0 Å². The molecule has 3 nitrogen and oxygen atoms in total. The van der Waals surface area contributed by atoms with E-state index in [1.165, 1.54) is 32.1 Å². The summed E-state index contributed by atoms with van der Waals surface area (Å²) in [6.45, 7) is 24.9. The predicted octanol–water partition coefficient (Wildman–Crippen LogP) is 11.7. The fraction of sp³-hybridized carbons (Fsp3) is 0.615. The first-order valence-electron chi connectivity index (χ1n) is 16.8. The lowest BCUT2D eigenvalue weighted by Gasteiger charge is -2.31. The molecule has 1 amide bonds. The molecule has 0 spiro atoms. The maximum Gasteiger partial charge on any atom is 0.258 e. The van der Waals surface area contributed by atoms with Gasteiger partial charge in [-0.25, -0.2) is 0 Å². The summed E-state index contributed by atoms with van der Waals surface area (Å²) in [5, 5.41) is 0. The summed E-state index contributed by atoms with van der Waals surface area (Å²) < 4.78 is 5.40. The Kier molecular flexibility index (Phi) is 18.2. The minimum atomic E-state index is 0.0952. The molecule has 0 N–H and O–H groups in total. The molecule has 1 unspecified atom stereocenters. The molecule has 1 atom stereocenters. The first-order chi connectivity index (χ1) is 20.0. The molecule has 3 heteroatoms. The minimum absolute atomic E-state index is 0.0952. The Labute approximate surface area is 260 Å². The lowest BCUT2D eigenvalue weighted by molar-refractivity contribution is 0.0764. The Morgan fingerprint density at radius 3 is 2.02 bits per heavy atom. The van der Waals surface area contributed by atoms with Gasteiger partial charge in [0.2, 0.25) is 0 Å². The number of unbranched alkanes of at least 4 members (excludes halogenated alkanes) is 3. The number of nitrogens with zero attached hydrogens (tertiary/aromatic N) is 1. The Balaban J connectivity index is 0.00000112. The van der Waals surface area contributed by atoms with Crippen molar-refractivity contribution in [1.29, 1.82) is 0 Å². The standard InChI is InChI=1S/C32H47NO2.C7H16/c1-9-12-14-26(11-3)22-33(25(7)23(4)5)32(34)31-21-28(17-16-27(31)15-13-10-2)30-19-18-29(35-8)20-24(30)6;1-4-5-6-7(2)3/h16-21,23,26H,7,9-15,22H2,1-6,8H3;7H,4-6H2,1-3H3. The lowest BCUT2D eigenvalue weighted by Crippen LogP contribution is -2.36. The summed E-state index contributed by atoms with van der Waals surface area (Å²) in [4.78, 5) is 16.2. The average molecular weight is 578 g/mol. The first kappa shape index (κ1) is 37.5. The monoisotopic (exact) mass is 577 g/mol. The largest absolute Gasteiger partial charge is 0.497 e. The summed E-state index contributed by atoms with van der Waals surface area (Å²) in [5.41, 5.74) is 6.20. The van der Waals surface area contributed by atoms with Gasteiger partial charge in [-0.3, -0.25) is 4.79 Å². The number of carbonyl (C=O) groups is 1. The Hall–Kier alpha value is -2.55. The quantitative estimate of drug-likeness (QED) is 0.187. The number of amides is 1. The van der Waals surface area contributed by atoms with E-state index in [9.17, 15) is 4.79 Å². The van der Waals surface area contributed by atoms with Gasteiger partial charge >= 0.3 is 0 Å².